The van der Waals surface area contributed by atoms with E-state index in [1.807, 2.05) is 61.5 Å². The number of nitrogens with zero attached hydrogens (tertiary/aromatic N) is 7. The van der Waals surface area contributed by atoms with E-state index in [-0.39, 0.29) is 55.8 Å². The van der Waals surface area contributed by atoms with Gasteiger partial charge in [-0.25, -0.2) is 0 Å². The maximum absolute atomic E-state index is 15.2. The second-order valence-electron chi connectivity index (χ2n) is 26.5. The molecule has 1 fully saturated rings. The van der Waals surface area contributed by atoms with Crippen molar-refractivity contribution in [2.24, 2.45) is 41.4 Å². The molecule has 0 radical (unpaired) electrons. The lowest BCUT2D eigenvalue weighted by atomic mass is 9.91. The minimum atomic E-state index is -1.61. The highest BCUT2D eigenvalue weighted by atomic mass is 16.3. The Hall–Kier alpha value is -6.13. The van der Waals surface area contributed by atoms with Crippen LogP contribution in [0.2, 0.25) is 0 Å². The lowest BCUT2D eigenvalue weighted by Gasteiger charge is -2.41. The zero-order chi connectivity index (χ0) is 66.7. The molecule has 0 aromatic rings. The first-order valence-electron chi connectivity index (χ1n) is 31.1. The summed E-state index contributed by atoms with van der Waals surface area (Å²) in [5, 5.41) is 23.2. The maximum Gasteiger partial charge on any atom is 0.246 e. The van der Waals surface area contributed by atoms with Crippen LogP contribution in [0.5, 0.6) is 0 Å². The molecule has 11 amide bonds. The SMILES string of the molecule is C/C=C\C[C@@H](C)[C@@H](O)[C@H]1C(=O)N[C@@H](CCC)C(=O)N(C)CC(=O)N(C)[C@@H](CC(C)C)C(=O)N[C@@H](C(C)C)C(=O)N(C)[C@@H](CC(C)C)C(=O)N[C@@H](C)C(=O)N[C@H](C)C(=O)N(C)[C@@H](CC(C)C)C(=O)N(C)[C@@H](CC(C)C)C(=O)N(C)[C@@H](C(C)C)C(=O)N1C. The number of aliphatic hydroxyl groups is 1. The number of aliphatic hydroxyl groups excluding tert-OH is 1. The van der Waals surface area contributed by atoms with Crippen LogP contribution >= 0.6 is 0 Å². The van der Waals surface area contributed by atoms with Gasteiger partial charge < -0.3 is 60.7 Å². The van der Waals surface area contributed by atoms with Crippen molar-refractivity contribution in [1.82, 2.24) is 55.6 Å². The average Bonchev–Trinajstić information content (AvgIpc) is 3.10. The summed E-state index contributed by atoms with van der Waals surface area (Å²) in [6, 6.07) is -12.3. The van der Waals surface area contributed by atoms with Crippen molar-refractivity contribution in [3.8, 4) is 0 Å². The molecule has 0 spiro atoms. The van der Waals surface area contributed by atoms with Crippen molar-refractivity contribution in [3.63, 3.8) is 0 Å². The molecular weight excluding hydrogens is 1100 g/mol. The van der Waals surface area contributed by atoms with Crippen LogP contribution in [0.4, 0.5) is 0 Å². The van der Waals surface area contributed by atoms with E-state index in [0.29, 0.717) is 12.8 Å². The summed E-state index contributed by atoms with van der Waals surface area (Å²) in [7, 11) is 9.95. The Kier molecular flexibility index (Phi) is 32.3. The maximum atomic E-state index is 15.2. The standard InChI is InChI=1S/C63H113N11O12/c1-25-27-29-41(15)53(76)52-57(80)66-44(28-26-2)59(82)68(18)34-49(75)69(19)45(30-35(3)4)56(79)67-50(39(11)12)62(85)70(20)46(31-36(5)6)55(78)64-42(16)54(77)65-43(17)58(81)71(21)47(32-37(7)8)60(83)72(22)48(33-38(9)10)61(84)73(23)51(40(13)14)63(86)74(52)24/h25,27,35-48,50-53,76H,26,28-34H2,1-24H3,(H,64,78)(H,65,77)(H,66,80)(H,67,79)/b27-25-/t41-,42+,43-,44+,45+,46+,47+,48+,50+,51+,52+,53-/m1/s1. The van der Waals surface area contributed by atoms with Gasteiger partial charge in [0.2, 0.25) is 65.0 Å². The fraction of sp³-hybridized carbons (Fsp3) is 0.794. The summed E-state index contributed by atoms with van der Waals surface area (Å²) in [6.07, 6.45) is 3.51. The Morgan fingerprint density at radius 2 is 0.884 bits per heavy atom. The molecule has 0 unspecified atom stereocenters. The topological polar surface area (TPSA) is 279 Å². The molecule has 0 saturated carbocycles. The zero-order valence-corrected chi connectivity index (χ0v) is 56.8. The summed E-state index contributed by atoms with van der Waals surface area (Å²) in [5.74, 6) is -9.66. The highest BCUT2D eigenvalue weighted by Crippen LogP contribution is 2.26. The fourth-order valence-corrected chi connectivity index (χ4v) is 10.9. The quantitative estimate of drug-likeness (QED) is 0.139. The van der Waals surface area contributed by atoms with Crippen LogP contribution in [0.1, 0.15) is 163 Å². The van der Waals surface area contributed by atoms with Crippen LogP contribution in [-0.4, -0.2) is 227 Å². The molecule has 1 saturated heterocycles. The van der Waals surface area contributed by atoms with E-state index in [2.05, 4.69) is 21.3 Å². The summed E-state index contributed by atoms with van der Waals surface area (Å²) in [6.45, 7) is 29.5. The van der Waals surface area contributed by atoms with Crippen LogP contribution < -0.4 is 21.3 Å². The smallest absolute Gasteiger partial charge is 0.246 e. The van der Waals surface area contributed by atoms with Gasteiger partial charge in [0.25, 0.3) is 0 Å². The molecule has 492 valence electrons. The lowest BCUT2D eigenvalue weighted by Crippen LogP contribution is -2.63. The molecule has 0 aromatic heterocycles. The molecule has 23 heteroatoms. The first-order chi connectivity index (χ1) is 39.7. The van der Waals surface area contributed by atoms with Gasteiger partial charge in [-0.05, 0) is 101 Å². The second kappa shape index (κ2) is 35.6. The molecule has 5 N–H and O–H groups in total. The third-order valence-electron chi connectivity index (χ3n) is 16.2. The monoisotopic (exact) mass is 1220 g/mol. The minimum Gasteiger partial charge on any atom is -0.390 e. The van der Waals surface area contributed by atoms with Gasteiger partial charge in [-0.15, -0.1) is 0 Å². The van der Waals surface area contributed by atoms with E-state index in [0.717, 1.165) is 9.80 Å². The van der Waals surface area contributed by atoms with Crippen LogP contribution in [0.25, 0.3) is 0 Å². The van der Waals surface area contributed by atoms with E-state index in [4.69, 9.17) is 0 Å². The van der Waals surface area contributed by atoms with Crippen molar-refractivity contribution in [1.29, 1.82) is 0 Å². The number of carbonyl (C=O) groups excluding carboxylic acids is 11. The molecule has 0 bridgehead atoms. The summed E-state index contributed by atoms with van der Waals surface area (Å²) in [5.41, 5.74) is 0. The van der Waals surface area contributed by atoms with Crippen LogP contribution in [0.3, 0.4) is 0 Å². The number of rotatable bonds is 16. The molecule has 23 nitrogen and oxygen atoms in total. The minimum absolute atomic E-state index is 0.0923. The molecule has 0 aromatic carbocycles. The number of amides is 11. The van der Waals surface area contributed by atoms with Gasteiger partial charge in [0.1, 0.15) is 60.4 Å². The number of hydrogen-bond acceptors (Lipinski definition) is 12. The second-order valence-corrected chi connectivity index (χ2v) is 26.5. The van der Waals surface area contributed by atoms with Crippen LogP contribution in [-0.2, 0) is 52.7 Å². The molecule has 1 rings (SSSR count). The predicted octanol–water partition coefficient (Wildman–Crippen LogP) is 3.66. The molecule has 12 atom stereocenters. The van der Waals surface area contributed by atoms with Gasteiger partial charge in [0.05, 0.1) is 12.6 Å². The normalized spacial score (nSPS) is 26.7. The summed E-state index contributed by atoms with van der Waals surface area (Å²) < 4.78 is 0. The van der Waals surface area contributed by atoms with Gasteiger partial charge in [-0.1, -0.05) is 116 Å². The number of carbonyl (C=O) groups is 11. The number of nitrogens with one attached hydrogen (secondary N) is 4. The highest BCUT2D eigenvalue weighted by molar-refractivity contribution is 5.99. The average molecular weight is 1220 g/mol. The number of hydrogen-bond donors (Lipinski definition) is 5. The van der Waals surface area contributed by atoms with Crippen LogP contribution in [0, 0.1) is 41.4 Å². The number of likely N-dealkylation sites (N-methyl/N-ethyl adjacent to an activating group) is 7. The van der Waals surface area contributed by atoms with Gasteiger partial charge in [0, 0.05) is 49.3 Å². The predicted molar refractivity (Wildman–Crippen MR) is 333 cm³/mol. The van der Waals surface area contributed by atoms with E-state index in [1.54, 1.807) is 54.5 Å². The Morgan fingerprint density at radius 3 is 1.34 bits per heavy atom. The van der Waals surface area contributed by atoms with E-state index in [1.165, 1.54) is 87.7 Å². The summed E-state index contributed by atoms with van der Waals surface area (Å²) in [4.78, 5) is 169. The van der Waals surface area contributed by atoms with Gasteiger partial charge in [0.15, 0.2) is 0 Å². The van der Waals surface area contributed by atoms with E-state index in [9.17, 15) is 48.3 Å². The van der Waals surface area contributed by atoms with Crippen molar-refractivity contribution in [2.45, 2.75) is 229 Å². The zero-order valence-electron chi connectivity index (χ0n) is 56.8. The van der Waals surface area contributed by atoms with E-state index >= 15 is 9.59 Å². The molecule has 86 heavy (non-hydrogen) atoms. The highest BCUT2D eigenvalue weighted by Gasteiger charge is 2.46. The molecule has 1 heterocycles. The van der Waals surface area contributed by atoms with Gasteiger partial charge in [-0.3, -0.25) is 52.7 Å². The van der Waals surface area contributed by atoms with Crippen molar-refractivity contribution < 1.29 is 57.8 Å². The van der Waals surface area contributed by atoms with Crippen molar-refractivity contribution >= 4 is 65.0 Å². The van der Waals surface area contributed by atoms with Gasteiger partial charge >= 0.3 is 0 Å². The van der Waals surface area contributed by atoms with Crippen LogP contribution in [0.15, 0.2) is 12.2 Å². The Balaban J connectivity index is 4.36. The Labute approximate surface area is 515 Å². The van der Waals surface area contributed by atoms with Crippen molar-refractivity contribution in [3.05, 3.63) is 12.2 Å². The number of allylic oxidation sites excluding steroid dienone is 2. The molecular formula is C63H113N11O12. The van der Waals surface area contributed by atoms with E-state index < -0.39 is 156 Å². The third kappa shape index (κ3) is 21.9. The lowest BCUT2D eigenvalue weighted by molar-refractivity contribution is -0.157. The third-order valence-corrected chi connectivity index (χ3v) is 16.2. The molecule has 1 aliphatic heterocycles. The van der Waals surface area contributed by atoms with Gasteiger partial charge in [-0.2, -0.15) is 0 Å². The molecule has 0 aliphatic carbocycles. The molecule has 1 aliphatic rings. The first-order valence-corrected chi connectivity index (χ1v) is 31.1. The Morgan fingerprint density at radius 1 is 0.465 bits per heavy atom. The van der Waals surface area contributed by atoms with Crippen molar-refractivity contribution in [2.75, 3.05) is 55.9 Å². The Bertz CT molecular complexity index is 2340. The fourth-order valence-electron chi connectivity index (χ4n) is 10.9. The first kappa shape index (κ1) is 77.9. The largest absolute Gasteiger partial charge is 0.390 e. The summed E-state index contributed by atoms with van der Waals surface area (Å²) >= 11 is 0.